The fraction of sp³-hybridized carbons (Fsp3) is 0.333. The maximum Gasteiger partial charge on any atom is 0.417 e. The molecule has 6 heteroatoms. The number of aromatic nitrogens is 1. The van der Waals surface area contributed by atoms with E-state index >= 15 is 0 Å². The Bertz CT molecular complexity index is 1190. The first-order chi connectivity index (χ1) is 16.8. The van der Waals surface area contributed by atoms with Crippen molar-refractivity contribution in [2.24, 2.45) is 0 Å². The number of nitrogens with zero attached hydrogens (tertiary/aromatic N) is 2. The van der Waals surface area contributed by atoms with Crippen LogP contribution < -0.4 is 0 Å². The second kappa shape index (κ2) is 13.2. The van der Waals surface area contributed by atoms with Crippen LogP contribution in [0.4, 0.5) is 13.2 Å². The molecular formula is C30H35F3N2S. The van der Waals surface area contributed by atoms with Gasteiger partial charge in [0, 0.05) is 28.1 Å². The zero-order valence-corrected chi connectivity index (χ0v) is 22.9. The minimum absolute atomic E-state index is 0.253. The van der Waals surface area contributed by atoms with Gasteiger partial charge in [-0.15, -0.1) is 17.9 Å². The van der Waals surface area contributed by atoms with E-state index in [0.717, 1.165) is 33.8 Å². The first-order valence-electron chi connectivity index (χ1n) is 11.7. The van der Waals surface area contributed by atoms with Gasteiger partial charge >= 0.3 is 6.18 Å². The quantitative estimate of drug-likeness (QED) is 0.319. The second-order valence-corrected chi connectivity index (χ2v) is 9.98. The van der Waals surface area contributed by atoms with Crippen molar-refractivity contribution in [3.8, 4) is 17.2 Å². The minimum atomic E-state index is -4.42. The molecule has 1 unspecified atom stereocenters. The molecule has 0 amide bonds. The molecule has 0 bridgehead atoms. The molecule has 0 spiro atoms. The van der Waals surface area contributed by atoms with Gasteiger partial charge in [-0.3, -0.25) is 4.98 Å². The van der Waals surface area contributed by atoms with Crippen molar-refractivity contribution in [3.63, 3.8) is 0 Å². The van der Waals surface area contributed by atoms with Gasteiger partial charge in [0.05, 0.1) is 17.2 Å². The summed E-state index contributed by atoms with van der Waals surface area (Å²) in [7, 11) is 0. The van der Waals surface area contributed by atoms with Gasteiger partial charge in [-0.25, -0.2) is 0 Å². The molecule has 1 atom stereocenters. The van der Waals surface area contributed by atoms with Crippen LogP contribution in [0.15, 0.2) is 78.3 Å². The molecule has 192 valence electrons. The third-order valence-corrected chi connectivity index (χ3v) is 6.45. The second-order valence-electron chi connectivity index (χ2n) is 9.07. The number of allylic oxidation sites excluding steroid dienone is 2. The monoisotopic (exact) mass is 512 g/mol. The highest BCUT2D eigenvalue weighted by Crippen LogP contribution is 2.45. The van der Waals surface area contributed by atoms with Crippen molar-refractivity contribution >= 4 is 11.3 Å². The molecule has 0 aliphatic carbocycles. The van der Waals surface area contributed by atoms with E-state index in [1.54, 1.807) is 17.4 Å². The largest absolute Gasteiger partial charge is 0.417 e. The molecule has 3 aromatic rings. The summed E-state index contributed by atoms with van der Waals surface area (Å²) in [6.45, 7) is 21.6. The molecule has 1 aromatic carbocycles. The van der Waals surface area contributed by atoms with E-state index in [4.69, 9.17) is 5.26 Å². The van der Waals surface area contributed by atoms with Gasteiger partial charge in [-0.1, -0.05) is 57.6 Å². The summed E-state index contributed by atoms with van der Waals surface area (Å²) in [5.41, 5.74) is 3.89. The topological polar surface area (TPSA) is 36.7 Å². The van der Waals surface area contributed by atoms with Crippen LogP contribution in [0.2, 0.25) is 0 Å². The molecule has 0 saturated heterocycles. The molecule has 36 heavy (non-hydrogen) atoms. The molecule has 2 nitrogen and oxygen atoms in total. The zero-order valence-electron chi connectivity index (χ0n) is 22.1. The van der Waals surface area contributed by atoms with Gasteiger partial charge in [0.2, 0.25) is 0 Å². The van der Waals surface area contributed by atoms with Gasteiger partial charge in [0.1, 0.15) is 0 Å². The molecule has 0 radical (unpaired) electrons. The third kappa shape index (κ3) is 8.20. The summed E-state index contributed by atoms with van der Waals surface area (Å²) < 4.78 is 38.8. The highest BCUT2D eigenvalue weighted by atomic mass is 32.1. The van der Waals surface area contributed by atoms with Crippen molar-refractivity contribution in [2.45, 2.75) is 66.0 Å². The van der Waals surface area contributed by atoms with Crippen molar-refractivity contribution in [1.29, 1.82) is 5.26 Å². The highest BCUT2D eigenvalue weighted by Gasteiger charge is 2.36. The minimum Gasteiger partial charge on any atom is -0.260 e. The van der Waals surface area contributed by atoms with Crippen LogP contribution in [0.25, 0.3) is 11.1 Å². The summed E-state index contributed by atoms with van der Waals surface area (Å²) in [5, 5.41) is 11.2. The lowest BCUT2D eigenvalue weighted by Crippen LogP contribution is -2.27. The zero-order chi connectivity index (χ0) is 27.7. The average Bonchev–Trinajstić information content (AvgIpc) is 3.31. The molecule has 0 fully saturated rings. The summed E-state index contributed by atoms with van der Waals surface area (Å²) in [6, 6.07) is 14.1. The van der Waals surface area contributed by atoms with Gasteiger partial charge in [-0.2, -0.15) is 18.4 Å². The highest BCUT2D eigenvalue weighted by molar-refractivity contribution is 7.10. The van der Waals surface area contributed by atoms with Crippen LogP contribution in [0.3, 0.4) is 0 Å². The Morgan fingerprint density at radius 3 is 2.08 bits per heavy atom. The first-order valence-corrected chi connectivity index (χ1v) is 12.6. The normalized spacial score (nSPS) is 11.7. The van der Waals surface area contributed by atoms with Gasteiger partial charge in [0.25, 0.3) is 0 Å². The van der Waals surface area contributed by atoms with E-state index in [0.29, 0.717) is 11.3 Å². The van der Waals surface area contributed by atoms with E-state index in [1.165, 1.54) is 11.6 Å². The van der Waals surface area contributed by atoms with Crippen LogP contribution in [-0.2, 0) is 11.6 Å². The average molecular weight is 513 g/mol. The fourth-order valence-electron chi connectivity index (χ4n) is 3.72. The van der Waals surface area contributed by atoms with Crippen molar-refractivity contribution in [2.75, 3.05) is 0 Å². The fourth-order valence-corrected chi connectivity index (χ4v) is 4.79. The lowest BCUT2D eigenvalue weighted by Gasteiger charge is -2.34. The molecule has 0 saturated carbocycles. The van der Waals surface area contributed by atoms with E-state index < -0.39 is 17.2 Å². The molecule has 0 aliphatic heterocycles. The maximum absolute atomic E-state index is 12.9. The van der Waals surface area contributed by atoms with Gasteiger partial charge in [-0.05, 0) is 67.6 Å². The summed E-state index contributed by atoms with van der Waals surface area (Å²) >= 11 is 1.58. The SMILES string of the molecule is C=C(C)C.C=C(C)C(c1ccc(C(F)(F)F)cn1)C(C)(C)c1cc(-c2cccc(C#N)c2)cs1.CC. The Morgan fingerprint density at radius 1 is 1.00 bits per heavy atom. The molecular weight excluding hydrogens is 477 g/mol. The predicted octanol–water partition coefficient (Wildman–Crippen LogP) is 9.95. The van der Waals surface area contributed by atoms with Crippen molar-refractivity contribution in [1.82, 2.24) is 4.98 Å². The summed E-state index contributed by atoms with van der Waals surface area (Å²) in [5.74, 6) is -0.253. The Balaban J connectivity index is 0.000000982. The van der Waals surface area contributed by atoms with Gasteiger partial charge in [0.15, 0.2) is 0 Å². The standard InChI is InChI=1S/C24H21F3N2S.C4H8.C2H6/c1-15(2)22(20-9-8-19(13-29-20)24(25,26)27)23(3,4)21-11-18(14-30-21)17-7-5-6-16(10-17)12-28;1-4(2)3;1-2/h5-11,13-14,22H,1H2,2-4H3;1H2,2-3H3;1-2H3. The number of pyridine rings is 1. The number of thiophene rings is 1. The Labute approximate surface area is 217 Å². The summed E-state index contributed by atoms with van der Waals surface area (Å²) in [6.07, 6.45) is -3.53. The first kappa shape index (κ1) is 30.9. The number of halogens is 3. The lowest BCUT2D eigenvalue weighted by atomic mass is 9.72. The third-order valence-electron chi connectivity index (χ3n) is 5.18. The predicted molar refractivity (Wildman–Crippen MR) is 146 cm³/mol. The van der Waals surface area contributed by atoms with Crippen molar-refractivity contribution < 1.29 is 13.2 Å². The van der Waals surface area contributed by atoms with Crippen LogP contribution in [0.5, 0.6) is 0 Å². The molecule has 0 aliphatic rings. The van der Waals surface area contributed by atoms with Crippen molar-refractivity contribution in [3.05, 3.63) is 100 Å². The smallest absolute Gasteiger partial charge is 0.260 e. The summed E-state index contributed by atoms with van der Waals surface area (Å²) in [4.78, 5) is 5.20. The van der Waals surface area contributed by atoms with Crippen LogP contribution in [-0.4, -0.2) is 4.98 Å². The molecule has 2 aromatic heterocycles. The Kier molecular flexibility index (Phi) is 11.3. The molecule has 0 N–H and O–H groups in total. The van der Waals surface area contributed by atoms with E-state index in [2.05, 4.69) is 30.3 Å². The number of nitriles is 1. The molecule has 3 rings (SSSR count). The Hall–Kier alpha value is -3.17. The van der Waals surface area contributed by atoms with Crippen LogP contribution >= 0.6 is 11.3 Å². The lowest BCUT2D eigenvalue weighted by molar-refractivity contribution is -0.137. The van der Waals surface area contributed by atoms with E-state index in [-0.39, 0.29) is 5.92 Å². The number of alkyl halides is 3. The van der Waals surface area contributed by atoms with Gasteiger partial charge < -0.3 is 0 Å². The van der Waals surface area contributed by atoms with Crippen LogP contribution in [0, 0.1) is 11.3 Å². The molecule has 2 heterocycles. The number of benzene rings is 1. The van der Waals surface area contributed by atoms with Crippen LogP contribution in [0.1, 0.15) is 76.1 Å². The number of rotatable bonds is 5. The maximum atomic E-state index is 12.9. The number of hydrogen-bond donors (Lipinski definition) is 0. The van der Waals surface area contributed by atoms with E-state index in [1.807, 2.05) is 72.0 Å². The number of hydrogen-bond acceptors (Lipinski definition) is 3. The Morgan fingerprint density at radius 2 is 1.61 bits per heavy atom. The van der Waals surface area contributed by atoms with E-state index in [9.17, 15) is 13.2 Å².